The van der Waals surface area contributed by atoms with Crippen LogP contribution in [0.3, 0.4) is 0 Å². The number of benzene rings is 1. The summed E-state index contributed by atoms with van der Waals surface area (Å²) in [5.41, 5.74) is -0.350. The first-order chi connectivity index (χ1) is 13.1. The Bertz CT molecular complexity index is 915. The Morgan fingerprint density at radius 3 is 2.48 bits per heavy atom. The third-order valence-corrected chi connectivity index (χ3v) is 5.70. The van der Waals surface area contributed by atoms with Crippen LogP contribution in [0.15, 0.2) is 29.8 Å². The van der Waals surface area contributed by atoms with Crippen molar-refractivity contribution < 1.29 is 9.47 Å². The van der Waals surface area contributed by atoms with Gasteiger partial charge >= 0.3 is 0 Å². The molecule has 0 saturated heterocycles. The minimum Gasteiger partial charge on any atom is -0.497 e. The molecule has 6 heteroatoms. The molecule has 2 aliphatic carbocycles. The van der Waals surface area contributed by atoms with E-state index >= 15 is 0 Å². The van der Waals surface area contributed by atoms with Gasteiger partial charge in [-0.15, -0.1) is 0 Å². The van der Waals surface area contributed by atoms with Crippen molar-refractivity contribution in [3.63, 3.8) is 0 Å². The Morgan fingerprint density at radius 1 is 1.15 bits per heavy atom. The molecule has 0 bridgehead atoms. The van der Waals surface area contributed by atoms with Gasteiger partial charge in [0.25, 0.3) is 0 Å². The molecule has 3 rings (SSSR count). The molecule has 0 radical (unpaired) electrons. The van der Waals surface area contributed by atoms with Crippen molar-refractivity contribution in [1.82, 2.24) is 0 Å². The highest BCUT2D eigenvalue weighted by Gasteiger charge is 2.57. The van der Waals surface area contributed by atoms with E-state index in [0.717, 1.165) is 24.8 Å². The average Bonchev–Trinajstić information content (AvgIpc) is 2.72. The van der Waals surface area contributed by atoms with Gasteiger partial charge in [0.15, 0.2) is 5.41 Å². The summed E-state index contributed by atoms with van der Waals surface area (Å²) in [6, 6.07) is 11.6. The fourth-order valence-electron chi connectivity index (χ4n) is 4.44. The van der Waals surface area contributed by atoms with Gasteiger partial charge in [0, 0.05) is 11.5 Å². The van der Waals surface area contributed by atoms with Crippen LogP contribution in [-0.4, -0.2) is 19.9 Å². The van der Waals surface area contributed by atoms with Crippen LogP contribution in [-0.2, 0) is 0 Å². The number of methoxy groups -OCH3 is 2. The zero-order valence-corrected chi connectivity index (χ0v) is 15.3. The van der Waals surface area contributed by atoms with Gasteiger partial charge in [-0.05, 0) is 49.0 Å². The lowest BCUT2D eigenvalue weighted by atomic mass is 9.53. The summed E-state index contributed by atoms with van der Waals surface area (Å²) in [4.78, 5) is 0. The molecule has 1 N–H and O–H groups in total. The molecule has 0 amide bonds. The van der Waals surface area contributed by atoms with E-state index in [1.165, 1.54) is 7.11 Å². The van der Waals surface area contributed by atoms with E-state index in [1.807, 2.05) is 6.08 Å². The van der Waals surface area contributed by atoms with Gasteiger partial charge in [-0.25, -0.2) is 0 Å². The van der Waals surface area contributed by atoms with E-state index in [9.17, 15) is 15.8 Å². The largest absolute Gasteiger partial charge is 0.497 e. The van der Waals surface area contributed by atoms with Crippen LogP contribution < -0.4 is 9.47 Å². The molecule has 27 heavy (non-hydrogen) atoms. The fourth-order valence-corrected chi connectivity index (χ4v) is 4.44. The monoisotopic (exact) mass is 360 g/mol. The number of hydrogen-bond acceptors (Lipinski definition) is 6. The maximum Gasteiger partial charge on any atom is 0.189 e. The third-order valence-electron chi connectivity index (χ3n) is 5.70. The first-order valence-corrected chi connectivity index (χ1v) is 8.80. The van der Waals surface area contributed by atoms with Crippen molar-refractivity contribution in [2.75, 3.05) is 14.2 Å². The van der Waals surface area contributed by atoms with Gasteiger partial charge in [-0.3, -0.25) is 0 Å². The molecule has 0 aliphatic heterocycles. The first kappa shape index (κ1) is 18.5. The maximum atomic E-state index is 10.0. The van der Waals surface area contributed by atoms with Crippen molar-refractivity contribution in [3.8, 4) is 29.7 Å². The van der Waals surface area contributed by atoms with Gasteiger partial charge < -0.3 is 14.9 Å². The van der Waals surface area contributed by atoms with Gasteiger partial charge in [-0.2, -0.15) is 15.8 Å². The molecule has 0 heterocycles. The van der Waals surface area contributed by atoms with E-state index in [2.05, 4.69) is 18.2 Å². The van der Waals surface area contributed by atoms with Crippen LogP contribution in [0.1, 0.15) is 30.7 Å². The zero-order chi connectivity index (χ0) is 19.6. The molecule has 0 aromatic heterocycles. The van der Waals surface area contributed by atoms with Crippen LogP contribution in [0.2, 0.25) is 0 Å². The summed E-state index contributed by atoms with van der Waals surface area (Å²) >= 11 is 0. The van der Waals surface area contributed by atoms with E-state index in [4.69, 9.17) is 14.9 Å². The second kappa shape index (κ2) is 7.14. The second-order valence-electron chi connectivity index (χ2n) is 6.83. The summed E-state index contributed by atoms with van der Waals surface area (Å²) in [5.74, 6) is -0.462. The van der Waals surface area contributed by atoms with E-state index in [0.29, 0.717) is 17.1 Å². The molecule has 0 spiro atoms. The van der Waals surface area contributed by atoms with Gasteiger partial charge in [0.05, 0.1) is 38.1 Å². The number of rotatable bonds is 3. The summed E-state index contributed by atoms with van der Waals surface area (Å²) < 4.78 is 10.9. The van der Waals surface area contributed by atoms with Crippen LogP contribution in [0.25, 0.3) is 0 Å². The van der Waals surface area contributed by atoms with Crippen LogP contribution >= 0.6 is 0 Å². The lowest BCUT2D eigenvalue weighted by Crippen LogP contribution is -2.48. The Balaban J connectivity index is 2.32. The molecule has 1 saturated carbocycles. The number of allylic oxidation sites excluding steroid dienone is 2. The predicted octanol–water partition coefficient (Wildman–Crippen LogP) is 3.72. The molecule has 1 fully saturated rings. The number of ether oxygens (including phenoxy) is 2. The highest BCUT2D eigenvalue weighted by Crippen LogP contribution is 2.56. The van der Waals surface area contributed by atoms with Crippen LogP contribution in [0.4, 0.5) is 0 Å². The lowest BCUT2D eigenvalue weighted by molar-refractivity contribution is 0.307. The lowest BCUT2D eigenvalue weighted by Gasteiger charge is -2.46. The van der Waals surface area contributed by atoms with E-state index < -0.39 is 17.3 Å². The normalized spacial score (nSPS) is 25.8. The fraction of sp³-hybridized carbons (Fsp3) is 0.429. The van der Waals surface area contributed by atoms with Gasteiger partial charge in [-0.1, -0.05) is 6.08 Å². The highest BCUT2D eigenvalue weighted by atomic mass is 16.5. The number of nitrogens with zero attached hydrogens (tertiary/aromatic N) is 3. The highest BCUT2D eigenvalue weighted by molar-refractivity contribution is 6.01. The molecular formula is C21H20N4O2. The zero-order valence-electron chi connectivity index (χ0n) is 15.3. The van der Waals surface area contributed by atoms with Gasteiger partial charge in [0.2, 0.25) is 0 Å². The van der Waals surface area contributed by atoms with E-state index in [1.54, 1.807) is 25.3 Å². The van der Waals surface area contributed by atoms with Crippen molar-refractivity contribution in [2.45, 2.75) is 25.2 Å². The van der Waals surface area contributed by atoms with E-state index in [-0.39, 0.29) is 11.6 Å². The Labute approximate surface area is 158 Å². The molecule has 136 valence electrons. The number of fused-ring (bicyclic) bond motifs is 1. The van der Waals surface area contributed by atoms with Crippen molar-refractivity contribution in [2.24, 2.45) is 17.3 Å². The van der Waals surface area contributed by atoms with Crippen molar-refractivity contribution in [3.05, 3.63) is 35.4 Å². The number of nitriles is 3. The Kier molecular flexibility index (Phi) is 4.89. The third kappa shape index (κ3) is 2.64. The SMILES string of the molecule is COc1ccc(OC)c(C2C3CCCC=C3C(C#N)C(=N)C2(C#N)C#N)c1. The van der Waals surface area contributed by atoms with Crippen molar-refractivity contribution >= 4 is 5.71 Å². The summed E-state index contributed by atoms with van der Waals surface area (Å²) in [5, 5.41) is 38.3. The maximum absolute atomic E-state index is 10.0. The molecule has 2 aliphatic rings. The Morgan fingerprint density at radius 2 is 1.89 bits per heavy atom. The van der Waals surface area contributed by atoms with Crippen molar-refractivity contribution in [1.29, 1.82) is 21.2 Å². The number of hydrogen-bond donors (Lipinski definition) is 1. The smallest absolute Gasteiger partial charge is 0.189 e. The summed E-state index contributed by atoms with van der Waals surface area (Å²) in [6.07, 6.45) is 4.52. The molecule has 1 aromatic rings. The Hall–Kier alpha value is -3.30. The molecular weight excluding hydrogens is 340 g/mol. The second-order valence-corrected chi connectivity index (χ2v) is 6.83. The van der Waals surface area contributed by atoms with Crippen LogP contribution in [0, 0.1) is 56.7 Å². The summed E-state index contributed by atoms with van der Waals surface area (Å²) in [6.45, 7) is 0. The minimum absolute atomic E-state index is 0.144. The summed E-state index contributed by atoms with van der Waals surface area (Å²) in [7, 11) is 3.09. The van der Waals surface area contributed by atoms with Crippen LogP contribution in [0.5, 0.6) is 11.5 Å². The average molecular weight is 360 g/mol. The standard InChI is InChI=1S/C21H20N4O2/c1-26-13-7-8-18(27-2)16(9-13)19-15-6-4-3-5-14(15)17(10-22)20(25)21(19,11-23)12-24/h5,7-9,15,17,19,25H,3-4,6H2,1-2H3. The molecule has 3 atom stereocenters. The number of nitrogens with one attached hydrogen (secondary N) is 1. The minimum atomic E-state index is -1.72. The topological polar surface area (TPSA) is 114 Å². The molecule has 6 nitrogen and oxygen atoms in total. The molecule has 1 aromatic carbocycles. The predicted molar refractivity (Wildman–Crippen MR) is 98.2 cm³/mol. The molecule has 3 unspecified atom stereocenters. The quantitative estimate of drug-likeness (QED) is 0.825. The first-order valence-electron chi connectivity index (χ1n) is 8.80. The van der Waals surface area contributed by atoms with Gasteiger partial charge in [0.1, 0.15) is 17.4 Å².